The first-order valence-corrected chi connectivity index (χ1v) is 9.28. The number of hydrogen-bond donors (Lipinski definition) is 2. The van der Waals surface area contributed by atoms with Crippen molar-refractivity contribution in [2.45, 2.75) is 57.5 Å². The fraction of sp³-hybridized carbons (Fsp3) is 0.550. The van der Waals surface area contributed by atoms with E-state index in [2.05, 4.69) is 12.1 Å². The zero-order valence-corrected chi connectivity index (χ0v) is 14.1. The Labute approximate surface area is 142 Å². The Bertz CT molecular complexity index is 793. The molecule has 2 heterocycles. The highest BCUT2D eigenvalue weighted by atomic mass is 16.4. The summed E-state index contributed by atoms with van der Waals surface area (Å²) < 4.78 is 5.49. The zero-order valence-electron chi connectivity index (χ0n) is 14.1. The van der Waals surface area contributed by atoms with E-state index >= 15 is 0 Å². The van der Waals surface area contributed by atoms with Crippen LogP contribution in [0.4, 0.5) is 0 Å². The van der Waals surface area contributed by atoms with E-state index < -0.39 is 0 Å². The quantitative estimate of drug-likeness (QED) is 0.838. The molecule has 1 aromatic heterocycles. The number of aryl methyl sites for hydroxylation is 2. The van der Waals surface area contributed by atoms with Crippen LogP contribution in [0.3, 0.4) is 0 Å². The first-order chi connectivity index (χ1) is 11.7. The molecular formula is C20H26NO3+. The standard InChI is InChI=1S/C20H25NO3/c22-9-7-17-6-1-2-8-21(17)13-16-12-20(23)24-19-11-15-5-3-4-14(15)10-18(16)19/h10-12,17,22H,1-9,13H2/p+1/t17-/m0/s1. The smallest absolute Gasteiger partial charge is 0.336 e. The number of piperidine rings is 1. The van der Waals surface area contributed by atoms with E-state index in [-0.39, 0.29) is 12.2 Å². The Hall–Kier alpha value is -1.65. The van der Waals surface area contributed by atoms with Gasteiger partial charge in [-0.15, -0.1) is 0 Å². The van der Waals surface area contributed by atoms with Gasteiger partial charge in [-0.2, -0.15) is 0 Å². The van der Waals surface area contributed by atoms with Crippen LogP contribution < -0.4 is 10.5 Å². The lowest BCUT2D eigenvalue weighted by Crippen LogP contribution is -3.15. The van der Waals surface area contributed by atoms with Crippen molar-refractivity contribution in [1.82, 2.24) is 0 Å². The third-order valence-electron chi connectivity index (χ3n) is 5.82. The van der Waals surface area contributed by atoms with Gasteiger partial charge in [-0.05, 0) is 61.8 Å². The third-order valence-corrected chi connectivity index (χ3v) is 5.82. The predicted octanol–water partition coefficient (Wildman–Crippen LogP) is 1.60. The van der Waals surface area contributed by atoms with Crippen LogP contribution in [-0.2, 0) is 19.4 Å². The minimum atomic E-state index is -0.245. The topological polar surface area (TPSA) is 54.9 Å². The molecule has 0 amide bonds. The third kappa shape index (κ3) is 3.01. The molecule has 2 N–H and O–H groups in total. The number of hydrogen-bond acceptors (Lipinski definition) is 3. The number of likely N-dealkylation sites (tertiary alicyclic amines) is 1. The fourth-order valence-corrected chi connectivity index (χ4v) is 4.57. The Kier molecular flexibility index (Phi) is 4.42. The number of aliphatic hydroxyl groups excluding tert-OH is 1. The van der Waals surface area contributed by atoms with Crippen molar-refractivity contribution in [1.29, 1.82) is 0 Å². The fourth-order valence-electron chi connectivity index (χ4n) is 4.57. The van der Waals surface area contributed by atoms with E-state index in [0.29, 0.717) is 6.04 Å². The molecular weight excluding hydrogens is 302 g/mol. The highest BCUT2D eigenvalue weighted by Gasteiger charge is 2.27. The van der Waals surface area contributed by atoms with Gasteiger partial charge < -0.3 is 14.4 Å². The molecule has 2 atom stereocenters. The summed E-state index contributed by atoms with van der Waals surface area (Å²) in [7, 11) is 0. The van der Waals surface area contributed by atoms with Crippen molar-refractivity contribution in [2.75, 3.05) is 13.2 Å². The van der Waals surface area contributed by atoms with Crippen LogP contribution in [0.5, 0.6) is 0 Å². The molecule has 1 aliphatic carbocycles. The van der Waals surface area contributed by atoms with Crippen molar-refractivity contribution in [3.63, 3.8) is 0 Å². The van der Waals surface area contributed by atoms with Crippen LogP contribution in [-0.4, -0.2) is 24.3 Å². The van der Waals surface area contributed by atoms with Crippen LogP contribution in [0.2, 0.25) is 0 Å². The normalized spacial score (nSPS) is 23.5. The highest BCUT2D eigenvalue weighted by Crippen LogP contribution is 2.28. The number of nitrogens with one attached hydrogen (secondary N) is 1. The van der Waals surface area contributed by atoms with Gasteiger partial charge in [-0.25, -0.2) is 4.79 Å². The first-order valence-electron chi connectivity index (χ1n) is 9.28. The highest BCUT2D eigenvalue weighted by molar-refractivity contribution is 5.82. The van der Waals surface area contributed by atoms with Gasteiger partial charge in [0.2, 0.25) is 0 Å². The maximum Gasteiger partial charge on any atom is 0.336 e. The second-order valence-corrected chi connectivity index (χ2v) is 7.35. The van der Waals surface area contributed by atoms with Gasteiger partial charge in [0.05, 0.1) is 12.6 Å². The summed E-state index contributed by atoms with van der Waals surface area (Å²) in [6.45, 7) is 2.22. The van der Waals surface area contributed by atoms with E-state index in [1.54, 1.807) is 6.07 Å². The number of quaternary nitrogens is 1. The van der Waals surface area contributed by atoms with Crippen LogP contribution >= 0.6 is 0 Å². The van der Waals surface area contributed by atoms with Crippen molar-refractivity contribution in [3.05, 3.63) is 45.3 Å². The van der Waals surface area contributed by atoms with Crippen LogP contribution in [0, 0.1) is 0 Å². The van der Waals surface area contributed by atoms with E-state index in [4.69, 9.17) is 4.42 Å². The van der Waals surface area contributed by atoms with E-state index in [9.17, 15) is 9.90 Å². The molecule has 24 heavy (non-hydrogen) atoms. The Morgan fingerprint density at radius 3 is 2.79 bits per heavy atom. The lowest BCUT2D eigenvalue weighted by molar-refractivity contribution is -0.944. The Morgan fingerprint density at radius 2 is 1.96 bits per heavy atom. The van der Waals surface area contributed by atoms with E-state index in [1.165, 1.54) is 41.7 Å². The molecule has 4 heteroatoms. The number of fused-ring (bicyclic) bond motifs is 2. The summed E-state index contributed by atoms with van der Waals surface area (Å²) in [6.07, 6.45) is 7.92. The Morgan fingerprint density at radius 1 is 1.12 bits per heavy atom. The van der Waals surface area contributed by atoms with Crippen molar-refractivity contribution in [2.24, 2.45) is 0 Å². The molecule has 2 aliphatic rings. The lowest BCUT2D eigenvalue weighted by atomic mass is 9.97. The van der Waals surface area contributed by atoms with Crippen molar-refractivity contribution >= 4 is 11.0 Å². The summed E-state index contributed by atoms with van der Waals surface area (Å²) in [5.74, 6) is 0. The second-order valence-electron chi connectivity index (χ2n) is 7.35. The molecule has 1 unspecified atom stereocenters. The first kappa shape index (κ1) is 15.9. The largest absolute Gasteiger partial charge is 0.423 e. The van der Waals surface area contributed by atoms with Gasteiger partial charge in [0, 0.05) is 30.0 Å². The van der Waals surface area contributed by atoms with Crippen molar-refractivity contribution in [3.8, 4) is 0 Å². The number of rotatable bonds is 4. The minimum Gasteiger partial charge on any atom is -0.423 e. The van der Waals surface area contributed by atoms with Crippen LogP contribution in [0.15, 0.2) is 27.4 Å². The summed E-state index contributed by atoms with van der Waals surface area (Å²) in [5.41, 5.74) is 4.36. The van der Waals surface area contributed by atoms with Gasteiger partial charge in [0.25, 0.3) is 0 Å². The van der Waals surface area contributed by atoms with Gasteiger partial charge >= 0.3 is 5.63 Å². The second kappa shape index (κ2) is 6.69. The van der Waals surface area contributed by atoms with Gasteiger partial charge in [0.15, 0.2) is 0 Å². The molecule has 1 fully saturated rings. The SMILES string of the molecule is O=c1cc(C[NH+]2CCCC[C@H]2CCO)c2cc3c(cc2o1)CCC3. The lowest BCUT2D eigenvalue weighted by Gasteiger charge is -2.32. The molecule has 0 radical (unpaired) electrons. The molecule has 1 saturated heterocycles. The molecule has 0 saturated carbocycles. The monoisotopic (exact) mass is 328 g/mol. The minimum absolute atomic E-state index is 0.245. The average Bonchev–Trinajstić information content (AvgIpc) is 3.02. The molecule has 1 aromatic carbocycles. The summed E-state index contributed by atoms with van der Waals surface area (Å²) in [4.78, 5) is 13.5. The van der Waals surface area contributed by atoms with Gasteiger partial charge in [0.1, 0.15) is 12.1 Å². The zero-order chi connectivity index (χ0) is 16.5. The van der Waals surface area contributed by atoms with Crippen LogP contribution in [0.1, 0.15) is 48.8 Å². The number of aliphatic hydroxyl groups is 1. The van der Waals surface area contributed by atoms with Gasteiger partial charge in [-0.1, -0.05) is 0 Å². The van der Waals surface area contributed by atoms with Gasteiger partial charge in [-0.3, -0.25) is 0 Å². The summed E-state index contributed by atoms with van der Waals surface area (Å²) in [6, 6.07) is 6.52. The maximum atomic E-state index is 12.0. The molecule has 0 bridgehead atoms. The van der Waals surface area contributed by atoms with E-state index in [1.807, 2.05) is 0 Å². The molecule has 2 aromatic rings. The van der Waals surface area contributed by atoms with Crippen molar-refractivity contribution < 1.29 is 14.4 Å². The molecule has 0 spiro atoms. The predicted molar refractivity (Wildman–Crippen MR) is 93.4 cm³/mol. The number of benzene rings is 1. The molecule has 1 aliphatic heterocycles. The molecule has 4 rings (SSSR count). The average molecular weight is 328 g/mol. The van der Waals surface area contributed by atoms with E-state index in [0.717, 1.165) is 48.9 Å². The summed E-state index contributed by atoms with van der Waals surface area (Å²) >= 11 is 0. The molecule has 4 nitrogen and oxygen atoms in total. The summed E-state index contributed by atoms with van der Waals surface area (Å²) in [5, 5.41) is 10.5. The van der Waals surface area contributed by atoms with Crippen LogP contribution in [0.25, 0.3) is 11.0 Å². The Balaban J connectivity index is 1.71. The molecule has 128 valence electrons. The maximum absolute atomic E-state index is 12.0.